The molecular weight excluding hydrogens is 304 g/mol. The summed E-state index contributed by atoms with van der Waals surface area (Å²) in [6, 6.07) is 1.28. The number of nitrogens with one attached hydrogen (secondary N) is 2. The highest BCUT2D eigenvalue weighted by molar-refractivity contribution is 7.89. The van der Waals surface area contributed by atoms with Crippen molar-refractivity contribution in [3.8, 4) is 0 Å². The van der Waals surface area contributed by atoms with Gasteiger partial charge in [-0.2, -0.15) is 0 Å². The third-order valence-corrected chi connectivity index (χ3v) is 4.16. The second-order valence-electron chi connectivity index (χ2n) is 4.01. The molecule has 114 valence electrons. The Morgan fingerprint density at radius 1 is 1.45 bits per heavy atom. The largest absolute Gasteiger partial charge is 0.380 e. The number of unbranched alkanes of at least 4 members (excludes halogenated alkanes) is 1. The number of nitrogens with zero attached hydrogens (tertiary/aromatic N) is 1. The van der Waals surface area contributed by atoms with E-state index >= 15 is 0 Å². The number of ether oxygens (including phenoxy) is 1. The number of rotatable bonds is 9. The van der Waals surface area contributed by atoms with E-state index in [-0.39, 0.29) is 22.3 Å². The molecule has 4 N–H and O–H groups in total. The number of nitrogen functional groups attached to an aromatic ring is 1. The number of hydrogen-bond acceptors (Lipinski definition) is 6. The van der Waals surface area contributed by atoms with Gasteiger partial charge in [-0.25, -0.2) is 24.0 Å². The van der Waals surface area contributed by atoms with Crippen LogP contribution in [0.1, 0.15) is 19.8 Å². The van der Waals surface area contributed by atoms with Crippen LogP contribution in [0.4, 0.5) is 5.82 Å². The highest BCUT2D eigenvalue weighted by atomic mass is 35.5. The lowest BCUT2D eigenvalue weighted by Crippen LogP contribution is -2.27. The molecule has 1 heterocycles. The van der Waals surface area contributed by atoms with Gasteiger partial charge in [0.05, 0.1) is 11.6 Å². The van der Waals surface area contributed by atoms with Crippen molar-refractivity contribution < 1.29 is 13.2 Å². The van der Waals surface area contributed by atoms with E-state index in [4.69, 9.17) is 22.2 Å². The smallest absolute Gasteiger partial charge is 0.242 e. The minimum atomic E-state index is -3.65. The second kappa shape index (κ2) is 8.38. The normalized spacial score (nSPS) is 11.6. The van der Waals surface area contributed by atoms with Crippen molar-refractivity contribution in [2.75, 3.05) is 25.2 Å². The number of hydrogen-bond donors (Lipinski definition) is 3. The van der Waals surface area contributed by atoms with E-state index in [0.29, 0.717) is 13.2 Å². The Hall–Kier alpha value is -0.930. The lowest BCUT2D eigenvalue weighted by molar-refractivity contribution is 0.136. The lowest BCUT2D eigenvalue weighted by atomic mass is 10.4. The van der Waals surface area contributed by atoms with Crippen LogP contribution >= 0.6 is 11.6 Å². The summed E-state index contributed by atoms with van der Waals surface area (Å²) in [5.41, 5.74) is 2.27. The summed E-state index contributed by atoms with van der Waals surface area (Å²) in [5, 5.41) is 0.134. The summed E-state index contributed by atoms with van der Waals surface area (Å²) in [6.45, 7) is 3.20. The molecule has 0 amide bonds. The number of halogens is 1. The fourth-order valence-electron chi connectivity index (χ4n) is 1.35. The highest BCUT2D eigenvalue weighted by Gasteiger charge is 2.15. The van der Waals surface area contributed by atoms with Gasteiger partial charge in [0.1, 0.15) is 4.90 Å². The molecule has 0 atom stereocenters. The summed E-state index contributed by atoms with van der Waals surface area (Å²) < 4.78 is 31.6. The van der Waals surface area contributed by atoms with E-state index in [1.807, 2.05) is 0 Å². The fraction of sp³-hybridized carbons (Fsp3) is 0.545. The summed E-state index contributed by atoms with van der Waals surface area (Å²) in [5.74, 6) is 5.39. The van der Waals surface area contributed by atoms with Crippen LogP contribution < -0.4 is 16.0 Å². The number of aromatic nitrogens is 1. The van der Waals surface area contributed by atoms with Crippen LogP contribution in [0.15, 0.2) is 17.2 Å². The topological polar surface area (TPSA) is 106 Å². The average molecular weight is 323 g/mol. The molecule has 7 nitrogen and oxygen atoms in total. The van der Waals surface area contributed by atoms with Gasteiger partial charge >= 0.3 is 0 Å². The molecule has 0 spiro atoms. The van der Waals surface area contributed by atoms with Crippen LogP contribution in [0.2, 0.25) is 5.02 Å². The Bertz CT molecular complexity index is 524. The molecule has 0 aliphatic heterocycles. The van der Waals surface area contributed by atoms with Crippen molar-refractivity contribution in [1.82, 2.24) is 9.71 Å². The van der Waals surface area contributed by atoms with E-state index in [1.54, 1.807) is 0 Å². The van der Waals surface area contributed by atoms with Crippen molar-refractivity contribution in [3.63, 3.8) is 0 Å². The first-order valence-corrected chi connectivity index (χ1v) is 8.07. The highest BCUT2D eigenvalue weighted by Crippen LogP contribution is 2.21. The SMILES string of the molecule is CCCCOCCNS(=O)(=O)c1cnc(NN)c(Cl)c1. The molecule has 1 rings (SSSR count). The minimum Gasteiger partial charge on any atom is -0.380 e. The molecule has 0 radical (unpaired) electrons. The van der Waals surface area contributed by atoms with Gasteiger partial charge in [-0.1, -0.05) is 24.9 Å². The first kappa shape index (κ1) is 17.1. The lowest BCUT2D eigenvalue weighted by Gasteiger charge is -2.08. The Kier molecular flexibility index (Phi) is 7.17. The number of hydrazine groups is 1. The van der Waals surface area contributed by atoms with Crippen LogP contribution in [0.25, 0.3) is 0 Å². The van der Waals surface area contributed by atoms with Gasteiger partial charge in [0.2, 0.25) is 10.0 Å². The Morgan fingerprint density at radius 2 is 2.20 bits per heavy atom. The van der Waals surface area contributed by atoms with Crippen LogP contribution in [0.5, 0.6) is 0 Å². The average Bonchev–Trinajstić information content (AvgIpc) is 2.42. The van der Waals surface area contributed by atoms with Crippen LogP contribution in [0, 0.1) is 0 Å². The van der Waals surface area contributed by atoms with E-state index < -0.39 is 10.0 Å². The van der Waals surface area contributed by atoms with Crippen LogP contribution in [-0.2, 0) is 14.8 Å². The van der Waals surface area contributed by atoms with E-state index in [9.17, 15) is 8.42 Å². The number of sulfonamides is 1. The molecule has 20 heavy (non-hydrogen) atoms. The predicted octanol–water partition coefficient (Wildman–Crippen LogP) is 1.12. The van der Waals surface area contributed by atoms with Crippen LogP contribution in [-0.4, -0.2) is 33.2 Å². The third-order valence-electron chi connectivity index (χ3n) is 2.44. The molecule has 0 unspecified atom stereocenters. The van der Waals surface area contributed by atoms with Gasteiger partial charge in [0, 0.05) is 19.3 Å². The van der Waals surface area contributed by atoms with Crippen molar-refractivity contribution in [2.24, 2.45) is 5.84 Å². The molecule has 0 aliphatic rings. The molecule has 0 bridgehead atoms. The fourth-order valence-corrected chi connectivity index (χ4v) is 2.62. The zero-order valence-corrected chi connectivity index (χ0v) is 12.8. The van der Waals surface area contributed by atoms with Crippen LogP contribution in [0.3, 0.4) is 0 Å². The van der Waals surface area contributed by atoms with Gasteiger partial charge < -0.3 is 10.2 Å². The van der Waals surface area contributed by atoms with E-state index in [1.165, 1.54) is 12.3 Å². The summed E-state index contributed by atoms with van der Waals surface area (Å²) in [7, 11) is -3.65. The number of nitrogens with two attached hydrogens (primary N) is 1. The first-order valence-electron chi connectivity index (χ1n) is 6.21. The molecule has 0 saturated carbocycles. The van der Waals surface area contributed by atoms with Crippen molar-refractivity contribution in [1.29, 1.82) is 0 Å². The first-order chi connectivity index (χ1) is 9.51. The number of pyridine rings is 1. The molecule has 1 aromatic rings. The zero-order chi connectivity index (χ0) is 15.0. The van der Waals surface area contributed by atoms with E-state index in [2.05, 4.69) is 22.1 Å². The predicted molar refractivity (Wildman–Crippen MR) is 78.0 cm³/mol. The Morgan fingerprint density at radius 3 is 2.80 bits per heavy atom. The maximum absolute atomic E-state index is 12.0. The minimum absolute atomic E-state index is 0.0185. The molecular formula is C11H19ClN4O3S. The summed E-state index contributed by atoms with van der Waals surface area (Å²) in [6.07, 6.45) is 3.18. The zero-order valence-electron chi connectivity index (χ0n) is 11.2. The molecule has 0 saturated heterocycles. The third kappa shape index (κ3) is 5.22. The van der Waals surface area contributed by atoms with Gasteiger partial charge in [0.15, 0.2) is 5.82 Å². The summed E-state index contributed by atoms with van der Waals surface area (Å²) >= 11 is 5.83. The molecule has 0 aromatic carbocycles. The Labute approximate surface area is 123 Å². The van der Waals surface area contributed by atoms with Gasteiger partial charge in [-0.05, 0) is 12.5 Å². The number of anilines is 1. The van der Waals surface area contributed by atoms with Gasteiger partial charge in [0.25, 0.3) is 0 Å². The van der Waals surface area contributed by atoms with Gasteiger partial charge in [-0.15, -0.1) is 0 Å². The molecule has 0 fully saturated rings. The summed E-state index contributed by atoms with van der Waals surface area (Å²) in [4.78, 5) is 3.79. The molecule has 9 heteroatoms. The molecule has 0 aliphatic carbocycles. The van der Waals surface area contributed by atoms with Crippen molar-refractivity contribution in [2.45, 2.75) is 24.7 Å². The van der Waals surface area contributed by atoms with Crippen molar-refractivity contribution >= 4 is 27.4 Å². The molecule has 1 aromatic heterocycles. The van der Waals surface area contributed by atoms with Crippen molar-refractivity contribution in [3.05, 3.63) is 17.3 Å². The maximum atomic E-state index is 12.0. The van der Waals surface area contributed by atoms with E-state index in [0.717, 1.165) is 12.8 Å². The standard InChI is InChI=1S/C11H19ClN4O3S/c1-2-3-5-19-6-4-15-20(17,18)9-7-10(12)11(16-13)14-8-9/h7-8,15H,2-6,13H2,1H3,(H,14,16). The monoisotopic (exact) mass is 322 g/mol. The quantitative estimate of drug-likeness (QED) is 0.357. The van der Waals surface area contributed by atoms with Gasteiger partial charge in [-0.3, -0.25) is 0 Å². The second-order valence-corrected chi connectivity index (χ2v) is 6.18. The maximum Gasteiger partial charge on any atom is 0.242 e. The Balaban J connectivity index is 2.54.